The first-order chi connectivity index (χ1) is 17.3. The summed E-state index contributed by atoms with van der Waals surface area (Å²) in [7, 11) is -2.74. The van der Waals surface area contributed by atoms with Crippen LogP contribution in [0.5, 0.6) is 0 Å². The molecule has 3 aromatic rings. The van der Waals surface area contributed by atoms with E-state index in [1.54, 1.807) is 19.4 Å². The van der Waals surface area contributed by atoms with Gasteiger partial charge in [-0.25, -0.2) is 9.37 Å². The molecule has 0 saturated carbocycles. The smallest absolute Gasteiger partial charge is 0.229 e. The monoisotopic (exact) mass is 529 g/mol. The van der Waals surface area contributed by atoms with Crippen molar-refractivity contribution in [3.63, 3.8) is 0 Å². The molecule has 0 spiro atoms. The molecule has 7 nitrogen and oxygen atoms in total. The van der Waals surface area contributed by atoms with E-state index in [-0.39, 0.29) is 0 Å². The predicted molar refractivity (Wildman–Crippen MR) is 144 cm³/mol. The third-order valence-corrected chi connectivity index (χ3v) is 8.57. The maximum Gasteiger partial charge on any atom is 0.229 e. The molecule has 1 aromatic heterocycles. The summed E-state index contributed by atoms with van der Waals surface area (Å²) in [6, 6.07) is 11.1. The minimum absolute atomic E-state index is 0.302. The Kier molecular flexibility index (Phi) is 7.31. The largest absolute Gasteiger partial charge is 0.380 e. The minimum atomic E-state index is -2.74. The van der Waals surface area contributed by atoms with Gasteiger partial charge in [-0.1, -0.05) is 17.7 Å². The minimum Gasteiger partial charge on any atom is -0.380 e. The highest BCUT2D eigenvalue weighted by molar-refractivity contribution is 7.70. The van der Waals surface area contributed by atoms with Gasteiger partial charge < -0.3 is 19.9 Å². The molecule has 5 rings (SSSR count). The van der Waals surface area contributed by atoms with Crippen LogP contribution < -0.4 is 15.9 Å². The van der Waals surface area contributed by atoms with Gasteiger partial charge in [0.1, 0.15) is 18.0 Å². The van der Waals surface area contributed by atoms with Gasteiger partial charge in [-0.05, 0) is 74.1 Å². The van der Waals surface area contributed by atoms with Crippen molar-refractivity contribution >= 4 is 47.2 Å². The maximum atomic E-state index is 13.8. The molecule has 0 radical (unpaired) electrons. The summed E-state index contributed by atoms with van der Waals surface area (Å²) >= 11 is 6.36. The molecule has 0 bridgehead atoms. The maximum absolute atomic E-state index is 13.8. The summed E-state index contributed by atoms with van der Waals surface area (Å²) in [5, 5.41) is 7.09. The van der Waals surface area contributed by atoms with Crippen LogP contribution in [-0.4, -0.2) is 60.5 Å². The number of halogens is 2. The van der Waals surface area contributed by atoms with Gasteiger partial charge in [0.25, 0.3) is 0 Å². The molecule has 1 saturated heterocycles. The van der Waals surface area contributed by atoms with Crippen molar-refractivity contribution < 1.29 is 13.7 Å². The van der Waals surface area contributed by atoms with Crippen molar-refractivity contribution in [1.82, 2.24) is 14.9 Å². The van der Waals surface area contributed by atoms with E-state index in [0.29, 0.717) is 33.8 Å². The van der Waals surface area contributed by atoms with Crippen molar-refractivity contribution in [3.05, 3.63) is 64.6 Å². The Hall–Kier alpha value is -2.51. The van der Waals surface area contributed by atoms with Crippen LogP contribution in [0.2, 0.25) is 5.02 Å². The number of nitrogens with zero attached hydrogens (tertiary/aromatic N) is 3. The van der Waals surface area contributed by atoms with E-state index in [1.165, 1.54) is 29.5 Å². The van der Waals surface area contributed by atoms with Crippen LogP contribution in [0.1, 0.15) is 17.5 Å². The van der Waals surface area contributed by atoms with E-state index in [9.17, 15) is 8.96 Å². The van der Waals surface area contributed by atoms with Crippen LogP contribution in [0.3, 0.4) is 0 Å². The van der Waals surface area contributed by atoms with Gasteiger partial charge in [0.2, 0.25) is 5.95 Å². The standard InChI is InChI=1S/C26H30ClFN5O2P/c1-36(2,34)24-14-19(28)4-6-23(24)31-25-22(27)15-29-26(32-25)30-20-5-3-17-7-10-33(11-8-18(17)13-20)21-9-12-35-16-21/h3-6,13-15,21H,7-12,16H2,1-2H3,(H2,29,30,31,32). The average Bonchev–Trinajstić information content (AvgIpc) is 3.29. The van der Waals surface area contributed by atoms with Crippen LogP contribution in [-0.2, 0) is 22.1 Å². The molecule has 0 aliphatic carbocycles. The number of benzene rings is 2. The highest BCUT2D eigenvalue weighted by Crippen LogP contribution is 2.39. The normalized spacial score (nSPS) is 18.5. The van der Waals surface area contributed by atoms with Gasteiger partial charge in [-0.3, -0.25) is 4.90 Å². The van der Waals surface area contributed by atoms with Crippen LogP contribution in [0, 0.1) is 5.82 Å². The predicted octanol–water partition coefficient (Wildman–Crippen LogP) is 5.19. The lowest BCUT2D eigenvalue weighted by Gasteiger charge is -2.25. The molecule has 1 unspecified atom stereocenters. The molecule has 10 heteroatoms. The number of nitrogens with one attached hydrogen (secondary N) is 2. The Balaban J connectivity index is 1.33. The molecule has 2 N–H and O–H groups in total. The zero-order valence-corrected chi connectivity index (χ0v) is 22.1. The molecule has 2 aliphatic heterocycles. The number of hydrogen-bond donors (Lipinski definition) is 2. The van der Waals surface area contributed by atoms with Gasteiger partial charge in [-0.15, -0.1) is 0 Å². The van der Waals surface area contributed by atoms with E-state index in [0.717, 1.165) is 51.3 Å². The zero-order valence-electron chi connectivity index (χ0n) is 20.4. The number of fused-ring (bicyclic) bond motifs is 1. The quantitative estimate of drug-likeness (QED) is 0.425. The Morgan fingerprint density at radius 2 is 1.92 bits per heavy atom. The van der Waals surface area contributed by atoms with Gasteiger partial charge in [0.15, 0.2) is 5.82 Å². The number of ether oxygens (including phenoxy) is 1. The number of aromatic nitrogens is 2. The Morgan fingerprint density at radius 3 is 2.67 bits per heavy atom. The lowest BCUT2D eigenvalue weighted by molar-refractivity contribution is 0.147. The summed E-state index contributed by atoms with van der Waals surface area (Å²) in [6.45, 7) is 6.96. The lowest BCUT2D eigenvalue weighted by Crippen LogP contribution is -2.37. The summed E-state index contributed by atoms with van der Waals surface area (Å²) in [4.78, 5) is 11.4. The van der Waals surface area contributed by atoms with E-state index in [1.807, 2.05) is 6.07 Å². The van der Waals surface area contributed by atoms with Crippen molar-refractivity contribution in [2.24, 2.45) is 0 Å². The molecule has 190 valence electrons. The first kappa shape index (κ1) is 25.2. The van der Waals surface area contributed by atoms with Crippen LogP contribution in [0.15, 0.2) is 42.6 Å². The van der Waals surface area contributed by atoms with Crippen LogP contribution in [0.4, 0.5) is 27.5 Å². The molecule has 36 heavy (non-hydrogen) atoms. The third-order valence-electron chi connectivity index (χ3n) is 6.76. The Morgan fingerprint density at radius 1 is 1.11 bits per heavy atom. The summed E-state index contributed by atoms with van der Waals surface area (Å²) in [5.74, 6) is 0.276. The van der Waals surface area contributed by atoms with E-state index >= 15 is 0 Å². The number of hydrogen-bond acceptors (Lipinski definition) is 7. The fraction of sp³-hybridized carbons (Fsp3) is 0.385. The Labute approximate surface area is 215 Å². The van der Waals surface area contributed by atoms with Gasteiger partial charge in [0.05, 0.1) is 18.5 Å². The summed E-state index contributed by atoms with van der Waals surface area (Å²) in [5.41, 5.74) is 4.09. The second kappa shape index (κ2) is 10.5. The SMILES string of the molecule is CP(C)(=O)c1cc(F)ccc1Nc1nc(Nc2ccc3c(c2)CCN(C2CCOC2)CC3)ncc1Cl. The summed E-state index contributed by atoms with van der Waals surface area (Å²) < 4.78 is 32.1. The molecule has 1 fully saturated rings. The van der Waals surface area contributed by atoms with E-state index in [4.69, 9.17) is 16.3 Å². The lowest BCUT2D eigenvalue weighted by atomic mass is 10.0. The fourth-order valence-corrected chi connectivity index (χ4v) is 6.11. The molecule has 1 atom stereocenters. The molecular weight excluding hydrogens is 500 g/mol. The topological polar surface area (TPSA) is 79.4 Å². The van der Waals surface area contributed by atoms with Gasteiger partial charge >= 0.3 is 0 Å². The van der Waals surface area contributed by atoms with Crippen molar-refractivity contribution in [3.8, 4) is 0 Å². The molecule has 0 amide bonds. The van der Waals surface area contributed by atoms with Crippen molar-refractivity contribution in [2.75, 3.05) is 50.3 Å². The van der Waals surface area contributed by atoms with E-state index in [2.05, 4.69) is 37.6 Å². The molecule has 2 aliphatic rings. The van der Waals surface area contributed by atoms with Gasteiger partial charge in [-0.2, -0.15) is 4.98 Å². The van der Waals surface area contributed by atoms with Crippen LogP contribution >= 0.6 is 18.7 Å². The Bertz CT molecular complexity index is 1310. The van der Waals surface area contributed by atoms with E-state index < -0.39 is 13.0 Å². The molecular formula is C26H30ClFN5O2P. The highest BCUT2D eigenvalue weighted by Gasteiger charge is 2.25. The first-order valence-corrected chi connectivity index (χ1v) is 15.1. The molecule has 2 aromatic carbocycles. The van der Waals surface area contributed by atoms with Gasteiger partial charge in [0, 0.05) is 36.7 Å². The average molecular weight is 530 g/mol. The second-order valence-electron chi connectivity index (χ2n) is 9.69. The summed E-state index contributed by atoms with van der Waals surface area (Å²) in [6.07, 6.45) is 4.62. The van der Waals surface area contributed by atoms with Crippen molar-refractivity contribution in [1.29, 1.82) is 0 Å². The zero-order chi connectivity index (χ0) is 25.3. The fourth-order valence-electron chi connectivity index (χ4n) is 4.82. The molecule has 3 heterocycles. The number of anilines is 4. The first-order valence-electron chi connectivity index (χ1n) is 12.1. The third kappa shape index (κ3) is 5.73. The highest BCUT2D eigenvalue weighted by atomic mass is 35.5. The second-order valence-corrected chi connectivity index (χ2v) is 13.3. The van der Waals surface area contributed by atoms with Crippen LogP contribution in [0.25, 0.3) is 0 Å². The van der Waals surface area contributed by atoms with Crippen molar-refractivity contribution in [2.45, 2.75) is 25.3 Å². The number of rotatable bonds is 6.